The average Bonchev–Trinajstić information content (AvgIpc) is 2.37. The van der Waals surface area contributed by atoms with Gasteiger partial charge in [-0.2, -0.15) is 0 Å². The van der Waals surface area contributed by atoms with Gasteiger partial charge in [-0.25, -0.2) is 4.79 Å². The molecule has 20 heavy (non-hydrogen) atoms. The molecule has 0 fully saturated rings. The molecule has 1 aromatic rings. The molecule has 1 aromatic carbocycles. The van der Waals surface area contributed by atoms with E-state index in [4.69, 9.17) is 20.3 Å². The Morgan fingerprint density at radius 3 is 2.70 bits per heavy atom. The number of carbonyl (C=O) groups excluding carboxylic acids is 1. The fraction of sp³-hybridized carbons (Fsp3) is 0.231. The molecule has 0 aliphatic carbocycles. The van der Waals surface area contributed by atoms with Crippen molar-refractivity contribution in [3.8, 4) is 11.5 Å². The molecule has 0 radical (unpaired) electrons. The highest BCUT2D eigenvalue weighted by atomic mass is 79.9. The lowest BCUT2D eigenvalue weighted by Crippen LogP contribution is -2.14. The predicted octanol–water partition coefficient (Wildman–Crippen LogP) is 1.81. The number of aliphatic carboxylic acids is 1. The lowest BCUT2D eigenvalue weighted by Gasteiger charge is -2.13. The maximum Gasteiger partial charge on any atom is 0.328 e. The molecular weight excluding hydrogens is 330 g/mol. The van der Waals surface area contributed by atoms with Crippen LogP contribution in [-0.4, -0.2) is 30.7 Å². The summed E-state index contributed by atoms with van der Waals surface area (Å²) in [6, 6.07) is 3.31. The van der Waals surface area contributed by atoms with Crippen LogP contribution in [0, 0.1) is 0 Å². The predicted molar refractivity (Wildman–Crippen MR) is 76.7 cm³/mol. The van der Waals surface area contributed by atoms with Crippen molar-refractivity contribution in [2.75, 3.05) is 13.7 Å². The van der Waals surface area contributed by atoms with Gasteiger partial charge in [0.25, 0.3) is 0 Å². The number of hydrogen-bond acceptors (Lipinski definition) is 4. The second-order valence-electron chi connectivity index (χ2n) is 3.77. The van der Waals surface area contributed by atoms with Crippen LogP contribution in [0.4, 0.5) is 0 Å². The molecular formula is C13H14BrNO5. The Morgan fingerprint density at radius 2 is 2.15 bits per heavy atom. The Kier molecular flexibility index (Phi) is 6.05. The van der Waals surface area contributed by atoms with Crippen LogP contribution < -0.4 is 15.2 Å². The summed E-state index contributed by atoms with van der Waals surface area (Å²) in [5.74, 6) is -0.641. The third-order valence-corrected chi connectivity index (χ3v) is 2.85. The van der Waals surface area contributed by atoms with E-state index in [-0.39, 0.29) is 13.0 Å². The van der Waals surface area contributed by atoms with Crippen LogP contribution in [-0.2, 0) is 9.59 Å². The monoisotopic (exact) mass is 343 g/mol. The molecule has 0 aliphatic heterocycles. The Morgan fingerprint density at radius 1 is 1.45 bits per heavy atom. The number of hydrogen-bond donors (Lipinski definition) is 2. The first-order valence-electron chi connectivity index (χ1n) is 5.63. The second-order valence-corrected chi connectivity index (χ2v) is 4.62. The zero-order chi connectivity index (χ0) is 15.1. The van der Waals surface area contributed by atoms with Gasteiger partial charge in [0.15, 0.2) is 11.5 Å². The number of rotatable bonds is 7. The van der Waals surface area contributed by atoms with Gasteiger partial charge in [0, 0.05) is 6.08 Å². The van der Waals surface area contributed by atoms with Crippen molar-refractivity contribution >= 4 is 33.9 Å². The van der Waals surface area contributed by atoms with Crippen molar-refractivity contribution in [3.05, 3.63) is 28.2 Å². The second kappa shape index (κ2) is 7.54. The van der Waals surface area contributed by atoms with E-state index in [1.165, 1.54) is 13.2 Å². The summed E-state index contributed by atoms with van der Waals surface area (Å²) in [7, 11) is 1.47. The number of methoxy groups -OCH3 is 1. The zero-order valence-corrected chi connectivity index (χ0v) is 12.3. The van der Waals surface area contributed by atoms with Gasteiger partial charge < -0.3 is 20.3 Å². The Labute approximate surface area is 124 Å². The lowest BCUT2D eigenvalue weighted by molar-refractivity contribution is -0.131. The number of carboxylic acid groups (broad SMARTS) is 1. The molecule has 1 rings (SSSR count). The van der Waals surface area contributed by atoms with E-state index in [0.717, 1.165) is 6.08 Å². The molecule has 0 spiro atoms. The van der Waals surface area contributed by atoms with Gasteiger partial charge in [-0.1, -0.05) is 0 Å². The fourth-order valence-corrected chi connectivity index (χ4v) is 1.97. The summed E-state index contributed by atoms with van der Waals surface area (Å²) in [5, 5.41) is 8.60. The minimum absolute atomic E-state index is 0.0935. The molecule has 0 unspecified atom stereocenters. The van der Waals surface area contributed by atoms with Gasteiger partial charge in [-0.3, -0.25) is 4.79 Å². The molecule has 108 valence electrons. The maximum atomic E-state index is 10.7. The van der Waals surface area contributed by atoms with E-state index in [1.807, 2.05) is 0 Å². The number of ether oxygens (including phenoxy) is 2. The minimum atomic E-state index is -1.04. The number of benzene rings is 1. The standard InChI is InChI=1S/C13H14BrNO5/c1-19-10-7-8(2-3-12(17)18)6-9(14)13(10)20-5-4-11(15)16/h2-3,6-7H,4-5H2,1H3,(H2,15,16)(H,17,18). The zero-order valence-electron chi connectivity index (χ0n) is 10.8. The van der Waals surface area contributed by atoms with Gasteiger partial charge in [0.05, 0.1) is 24.6 Å². The number of halogens is 1. The Balaban J connectivity index is 2.95. The van der Waals surface area contributed by atoms with Crippen LogP contribution in [0.3, 0.4) is 0 Å². The van der Waals surface area contributed by atoms with Crippen molar-refractivity contribution in [1.29, 1.82) is 0 Å². The van der Waals surface area contributed by atoms with Crippen molar-refractivity contribution in [2.24, 2.45) is 5.73 Å². The van der Waals surface area contributed by atoms with Gasteiger partial charge >= 0.3 is 5.97 Å². The SMILES string of the molecule is COc1cc(C=CC(=O)O)cc(Br)c1OCCC(N)=O. The molecule has 6 nitrogen and oxygen atoms in total. The number of carboxylic acids is 1. The van der Waals surface area contributed by atoms with E-state index < -0.39 is 11.9 Å². The van der Waals surface area contributed by atoms with E-state index in [2.05, 4.69) is 15.9 Å². The molecule has 0 saturated carbocycles. The molecule has 1 amide bonds. The molecule has 0 heterocycles. The van der Waals surface area contributed by atoms with E-state index in [1.54, 1.807) is 12.1 Å². The van der Waals surface area contributed by atoms with Gasteiger partial charge in [0.1, 0.15) is 0 Å². The van der Waals surface area contributed by atoms with Crippen LogP contribution in [0.1, 0.15) is 12.0 Å². The van der Waals surface area contributed by atoms with Crippen molar-refractivity contribution in [3.63, 3.8) is 0 Å². The number of carbonyl (C=O) groups is 2. The molecule has 0 bridgehead atoms. The van der Waals surface area contributed by atoms with Crippen molar-refractivity contribution in [1.82, 2.24) is 0 Å². The summed E-state index contributed by atoms with van der Waals surface area (Å²) in [5.41, 5.74) is 5.67. The molecule has 3 N–H and O–H groups in total. The van der Waals surface area contributed by atoms with Crippen LogP contribution in [0.5, 0.6) is 11.5 Å². The number of amides is 1. The molecule has 0 aromatic heterocycles. The summed E-state index contributed by atoms with van der Waals surface area (Å²) < 4.78 is 11.2. The molecule has 0 atom stereocenters. The Bertz CT molecular complexity index is 542. The smallest absolute Gasteiger partial charge is 0.328 e. The minimum Gasteiger partial charge on any atom is -0.493 e. The lowest BCUT2D eigenvalue weighted by atomic mass is 10.2. The summed E-state index contributed by atoms with van der Waals surface area (Å²) >= 11 is 3.31. The van der Waals surface area contributed by atoms with Gasteiger partial charge in [0.2, 0.25) is 5.91 Å². The van der Waals surface area contributed by atoms with Crippen molar-refractivity contribution < 1.29 is 24.2 Å². The van der Waals surface area contributed by atoms with Crippen LogP contribution in [0.2, 0.25) is 0 Å². The first kappa shape index (κ1) is 16.0. The quantitative estimate of drug-likeness (QED) is 0.735. The Hall–Kier alpha value is -2.02. The number of primary amides is 1. The van der Waals surface area contributed by atoms with Crippen LogP contribution >= 0.6 is 15.9 Å². The third-order valence-electron chi connectivity index (χ3n) is 2.26. The number of nitrogens with two attached hydrogens (primary N) is 1. The largest absolute Gasteiger partial charge is 0.493 e. The first-order valence-corrected chi connectivity index (χ1v) is 6.43. The summed E-state index contributed by atoms with van der Waals surface area (Å²) in [6.07, 6.45) is 2.55. The van der Waals surface area contributed by atoms with Gasteiger partial charge in [-0.15, -0.1) is 0 Å². The highest BCUT2D eigenvalue weighted by molar-refractivity contribution is 9.10. The first-order chi connectivity index (χ1) is 9.43. The normalized spacial score (nSPS) is 10.5. The highest BCUT2D eigenvalue weighted by Crippen LogP contribution is 2.37. The third kappa shape index (κ3) is 4.93. The van der Waals surface area contributed by atoms with E-state index >= 15 is 0 Å². The molecule has 0 aliphatic rings. The molecule has 7 heteroatoms. The fourth-order valence-electron chi connectivity index (χ4n) is 1.40. The summed E-state index contributed by atoms with van der Waals surface area (Å²) in [4.78, 5) is 21.2. The van der Waals surface area contributed by atoms with E-state index in [0.29, 0.717) is 21.5 Å². The van der Waals surface area contributed by atoms with E-state index in [9.17, 15) is 9.59 Å². The van der Waals surface area contributed by atoms with Crippen LogP contribution in [0.15, 0.2) is 22.7 Å². The summed E-state index contributed by atoms with van der Waals surface area (Å²) in [6.45, 7) is 0.134. The van der Waals surface area contributed by atoms with Crippen LogP contribution in [0.25, 0.3) is 6.08 Å². The molecule has 0 saturated heterocycles. The van der Waals surface area contributed by atoms with Crippen molar-refractivity contribution in [2.45, 2.75) is 6.42 Å². The topological polar surface area (TPSA) is 98.8 Å². The highest BCUT2D eigenvalue weighted by Gasteiger charge is 2.11. The maximum absolute atomic E-state index is 10.7. The average molecular weight is 344 g/mol. The van der Waals surface area contributed by atoms with Gasteiger partial charge in [-0.05, 0) is 39.7 Å².